The number of hydrogen-bond acceptors (Lipinski definition) is 11. The second kappa shape index (κ2) is 12.9. The van der Waals surface area contributed by atoms with Gasteiger partial charge >= 0.3 is 11.9 Å². The van der Waals surface area contributed by atoms with Crippen molar-refractivity contribution in [1.82, 2.24) is 4.98 Å². The summed E-state index contributed by atoms with van der Waals surface area (Å²) in [6, 6.07) is 11.2. The first-order valence-corrected chi connectivity index (χ1v) is 13.8. The molecule has 0 radical (unpaired) electrons. The number of thiophene rings is 1. The molecule has 0 atom stereocenters. The third-order valence-electron chi connectivity index (χ3n) is 6.08. The molecular weight excluding hydrogens is 592 g/mol. The van der Waals surface area contributed by atoms with Crippen molar-refractivity contribution < 1.29 is 28.7 Å². The van der Waals surface area contributed by atoms with Crippen molar-refractivity contribution >= 4 is 56.4 Å². The van der Waals surface area contributed by atoms with Crippen molar-refractivity contribution in [2.24, 2.45) is 0 Å². The Hall–Kier alpha value is -3.71. The maximum atomic E-state index is 12.4. The molecule has 1 fully saturated rings. The number of methoxy groups -OCH3 is 1. The molecule has 0 unspecified atom stereocenters. The van der Waals surface area contributed by atoms with Crippen LogP contribution in [-0.4, -0.2) is 61.3 Å². The molecule has 3 aromatic rings. The van der Waals surface area contributed by atoms with Gasteiger partial charge in [-0.3, -0.25) is 10.1 Å². The smallest absolute Gasteiger partial charge is 0.351 e. The van der Waals surface area contributed by atoms with Crippen LogP contribution < -0.4 is 15.0 Å². The summed E-state index contributed by atoms with van der Waals surface area (Å²) < 4.78 is 16.1. The first-order chi connectivity index (χ1) is 18.8. The number of anilines is 2. The van der Waals surface area contributed by atoms with E-state index in [2.05, 4.69) is 31.1 Å². The number of aromatic nitrogens is 1. The number of nitro groups is 1. The minimum atomic E-state index is -0.561. The summed E-state index contributed by atoms with van der Waals surface area (Å²) in [7, 11) is 1.29. The number of nitrogens with zero attached hydrogens (tertiary/aromatic N) is 3. The summed E-state index contributed by atoms with van der Waals surface area (Å²) in [6.45, 7) is 3.14. The van der Waals surface area contributed by atoms with Gasteiger partial charge < -0.3 is 24.4 Å². The number of carbonyl (C=O) groups excluding carboxylic acids is 2. The highest BCUT2D eigenvalue weighted by atomic mass is 79.9. The number of carbonyl (C=O) groups is 2. The predicted octanol–water partition coefficient (Wildman–Crippen LogP) is 5.29. The van der Waals surface area contributed by atoms with E-state index >= 15 is 0 Å². The number of benzene rings is 1. The Morgan fingerprint density at radius 1 is 1.26 bits per heavy atom. The van der Waals surface area contributed by atoms with Gasteiger partial charge in [0.2, 0.25) is 0 Å². The third kappa shape index (κ3) is 6.84. The average Bonchev–Trinajstić information content (AvgIpc) is 3.28. The van der Waals surface area contributed by atoms with Crippen molar-refractivity contribution in [3.8, 4) is 16.2 Å². The molecule has 0 saturated carbocycles. The number of ether oxygens (including phenoxy) is 3. The maximum Gasteiger partial charge on any atom is 0.351 e. The van der Waals surface area contributed by atoms with Crippen LogP contribution in [0.4, 0.5) is 17.2 Å². The van der Waals surface area contributed by atoms with Gasteiger partial charge in [-0.2, -0.15) is 0 Å². The zero-order chi connectivity index (χ0) is 27.9. The van der Waals surface area contributed by atoms with E-state index in [-0.39, 0.29) is 35.6 Å². The van der Waals surface area contributed by atoms with Crippen LogP contribution >= 0.6 is 27.3 Å². The van der Waals surface area contributed by atoms with Gasteiger partial charge in [-0.15, -0.1) is 11.3 Å². The monoisotopic (exact) mass is 618 g/mol. The highest BCUT2D eigenvalue weighted by molar-refractivity contribution is 9.10. The van der Waals surface area contributed by atoms with Crippen molar-refractivity contribution in [2.45, 2.75) is 25.8 Å². The molecular formula is C26H27BrN4O7S. The Balaban J connectivity index is 1.45. The van der Waals surface area contributed by atoms with Gasteiger partial charge in [0.1, 0.15) is 12.0 Å². The standard InChI is InChI=1S/C26H27BrN4O7S/c1-3-37-21(32)15-38-23-22(27)24(39-25(23)26(33)36-2)16-5-4-6-18(13-16)29-17-9-11-30(12-10-17)20-8-7-19(14-28-20)31(34)35/h4-8,13-14,17,29H,3,9-12,15H2,1-2H3. The second-order valence-corrected chi connectivity index (χ2v) is 10.4. The van der Waals surface area contributed by atoms with Crippen LogP contribution in [0.1, 0.15) is 29.4 Å². The first-order valence-electron chi connectivity index (χ1n) is 12.2. The molecule has 206 valence electrons. The Morgan fingerprint density at radius 2 is 2.03 bits per heavy atom. The van der Waals surface area contributed by atoms with Crippen LogP contribution in [0.3, 0.4) is 0 Å². The van der Waals surface area contributed by atoms with Crippen molar-refractivity contribution in [3.63, 3.8) is 0 Å². The number of halogens is 1. The maximum absolute atomic E-state index is 12.4. The van der Waals surface area contributed by atoms with Crippen LogP contribution in [0.15, 0.2) is 47.1 Å². The Bertz CT molecular complexity index is 1340. The predicted molar refractivity (Wildman–Crippen MR) is 151 cm³/mol. The molecule has 2 aromatic heterocycles. The van der Waals surface area contributed by atoms with Crippen LogP contribution in [0.2, 0.25) is 0 Å². The minimum Gasteiger partial charge on any atom is -0.479 e. The van der Waals surface area contributed by atoms with Gasteiger partial charge in [-0.1, -0.05) is 12.1 Å². The summed E-state index contributed by atoms with van der Waals surface area (Å²) in [4.78, 5) is 42.0. The number of nitrogens with one attached hydrogen (secondary N) is 1. The molecule has 4 rings (SSSR count). The number of esters is 2. The molecule has 13 heteroatoms. The van der Waals surface area contributed by atoms with E-state index in [1.807, 2.05) is 24.3 Å². The van der Waals surface area contributed by atoms with Crippen molar-refractivity contribution in [1.29, 1.82) is 0 Å². The van der Waals surface area contributed by atoms with Crippen LogP contribution in [0, 0.1) is 10.1 Å². The Morgan fingerprint density at radius 3 is 2.67 bits per heavy atom. The average molecular weight is 619 g/mol. The molecule has 0 bridgehead atoms. The lowest BCUT2D eigenvalue weighted by atomic mass is 10.0. The highest BCUT2D eigenvalue weighted by Crippen LogP contribution is 2.46. The van der Waals surface area contributed by atoms with E-state index in [0.717, 1.165) is 47.9 Å². The summed E-state index contributed by atoms with van der Waals surface area (Å²) in [6.07, 6.45) is 3.01. The summed E-state index contributed by atoms with van der Waals surface area (Å²) in [5.41, 5.74) is 1.76. The van der Waals surface area contributed by atoms with E-state index < -0.39 is 16.9 Å². The molecule has 11 nitrogen and oxygen atoms in total. The Labute approximate surface area is 237 Å². The van der Waals surface area contributed by atoms with Crippen LogP contribution in [0.5, 0.6) is 5.75 Å². The third-order valence-corrected chi connectivity index (χ3v) is 8.30. The number of piperidine rings is 1. The molecule has 1 aromatic carbocycles. The fraction of sp³-hybridized carbons (Fsp3) is 0.346. The van der Waals surface area contributed by atoms with Gasteiger partial charge in [0.25, 0.3) is 5.69 Å². The number of pyridine rings is 1. The molecule has 0 amide bonds. The van der Waals surface area contributed by atoms with Crippen molar-refractivity contribution in [3.05, 3.63) is 62.1 Å². The van der Waals surface area contributed by atoms with E-state index in [4.69, 9.17) is 14.2 Å². The lowest BCUT2D eigenvalue weighted by Gasteiger charge is -2.33. The highest BCUT2D eigenvalue weighted by Gasteiger charge is 2.26. The molecule has 39 heavy (non-hydrogen) atoms. The lowest BCUT2D eigenvalue weighted by Crippen LogP contribution is -2.39. The molecule has 3 heterocycles. The molecule has 1 saturated heterocycles. The van der Waals surface area contributed by atoms with E-state index in [1.165, 1.54) is 30.7 Å². The normalized spacial score (nSPS) is 13.6. The van der Waals surface area contributed by atoms with E-state index in [1.54, 1.807) is 13.0 Å². The van der Waals surface area contributed by atoms with Crippen LogP contribution in [0.25, 0.3) is 10.4 Å². The van der Waals surface area contributed by atoms with Crippen LogP contribution in [-0.2, 0) is 14.3 Å². The quantitative estimate of drug-likeness (QED) is 0.181. The fourth-order valence-electron chi connectivity index (χ4n) is 4.18. The van der Waals surface area contributed by atoms with Gasteiger partial charge in [0.05, 0.1) is 28.0 Å². The van der Waals surface area contributed by atoms with Gasteiger partial charge in [-0.25, -0.2) is 14.6 Å². The minimum absolute atomic E-state index is 0.0241. The second-order valence-electron chi connectivity index (χ2n) is 8.61. The largest absolute Gasteiger partial charge is 0.479 e. The Kier molecular flexibility index (Phi) is 9.36. The first kappa shape index (κ1) is 28.3. The zero-order valence-corrected chi connectivity index (χ0v) is 23.7. The van der Waals surface area contributed by atoms with E-state index in [0.29, 0.717) is 4.47 Å². The fourth-order valence-corrected chi connectivity index (χ4v) is 6.15. The lowest BCUT2D eigenvalue weighted by molar-refractivity contribution is -0.385. The summed E-state index contributed by atoms with van der Waals surface area (Å²) >= 11 is 4.76. The topological polar surface area (TPSA) is 133 Å². The van der Waals surface area contributed by atoms with Gasteiger partial charge in [0.15, 0.2) is 17.2 Å². The van der Waals surface area contributed by atoms with E-state index in [9.17, 15) is 19.7 Å². The summed E-state index contributed by atoms with van der Waals surface area (Å²) in [5, 5.41) is 14.5. The van der Waals surface area contributed by atoms with Gasteiger partial charge in [-0.05, 0) is 59.5 Å². The molecule has 1 N–H and O–H groups in total. The van der Waals surface area contributed by atoms with Crippen molar-refractivity contribution in [2.75, 3.05) is 43.6 Å². The number of hydrogen-bond donors (Lipinski definition) is 1. The molecule has 0 spiro atoms. The summed E-state index contributed by atoms with van der Waals surface area (Å²) in [5.74, 6) is -0.129. The molecule has 0 aliphatic carbocycles. The molecule has 1 aliphatic heterocycles. The zero-order valence-electron chi connectivity index (χ0n) is 21.3. The molecule has 1 aliphatic rings. The van der Waals surface area contributed by atoms with Gasteiger partial charge in [0, 0.05) is 30.9 Å². The SMILES string of the molecule is CCOC(=O)COc1c(C(=O)OC)sc(-c2cccc(NC3CCN(c4ccc([N+](=O)[O-])cn4)CC3)c2)c1Br. The number of rotatable bonds is 10.